The van der Waals surface area contributed by atoms with Crippen molar-refractivity contribution in [1.82, 2.24) is 10.1 Å². The fourth-order valence-electron chi connectivity index (χ4n) is 1.54. The molecule has 0 amide bonds. The SMILES string of the molecule is COc1ccccc1-c1noc(CC(O)C(F)F)n1. The van der Waals surface area contributed by atoms with Crippen LogP contribution in [0.15, 0.2) is 28.8 Å². The summed E-state index contributed by atoms with van der Waals surface area (Å²) >= 11 is 0. The molecule has 0 bridgehead atoms. The quantitative estimate of drug-likeness (QED) is 0.898. The third-order valence-corrected chi connectivity index (χ3v) is 2.49. The molecule has 2 rings (SSSR count). The van der Waals surface area contributed by atoms with E-state index in [4.69, 9.17) is 14.4 Å². The Hall–Kier alpha value is -2.02. The number of aliphatic hydroxyl groups excluding tert-OH is 1. The van der Waals surface area contributed by atoms with E-state index in [2.05, 4.69) is 10.1 Å². The van der Waals surface area contributed by atoms with Gasteiger partial charge in [-0.15, -0.1) is 0 Å². The number of benzene rings is 1. The van der Waals surface area contributed by atoms with Crippen LogP contribution in [0.3, 0.4) is 0 Å². The van der Waals surface area contributed by atoms with Gasteiger partial charge in [-0.3, -0.25) is 0 Å². The number of para-hydroxylation sites is 1. The van der Waals surface area contributed by atoms with Crippen molar-refractivity contribution in [1.29, 1.82) is 0 Å². The third-order valence-electron chi connectivity index (χ3n) is 2.49. The van der Waals surface area contributed by atoms with E-state index in [0.717, 1.165) is 0 Å². The van der Waals surface area contributed by atoms with Crippen LogP contribution in [0.4, 0.5) is 8.78 Å². The molecule has 2 aromatic rings. The molecule has 0 saturated heterocycles. The Kier molecular flexibility index (Phi) is 4.06. The Morgan fingerprint density at radius 1 is 1.37 bits per heavy atom. The van der Waals surface area contributed by atoms with Crippen LogP contribution in [0.1, 0.15) is 5.89 Å². The van der Waals surface area contributed by atoms with Gasteiger partial charge in [0.1, 0.15) is 11.9 Å². The molecular weight excluding hydrogens is 258 g/mol. The molecule has 0 aliphatic rings. The van der Waals surface area contributed by atoms with E-state index in [0.29, 0.717) is 11.3 Å². The molecule has 1 atom stereocenters. The Labute approximate surface area is 107 Å². The van der Waals surface area contributed by atoms with Gasteiger partial charge in [0, 0.05) is 0 Å². The summed E-state index contributed by atoms with van der Waals surface area (Å²) in [4.78, 5) is 3.96. The molecular formula is C12H12F2N2O3. The molecule has 1 aromatic heterocycles. The second-order valence-electron chi connectivity index (χ2n) is 3.82. The standard InChI is InChI=1S/C12H12F2N2O3/c1-18-9-5-3-2-4-7(9)12-15-10(19-16-12)6-8(17)11(13)14/h2-5,8,11,17H,6H2,1H3. The van der Waals surface area contributed by atoms with Crippen LogP contribution >= 0.6 is 0 Å². The molecule has 0 saturated carbocycles. The number of hydrogen-bond donors (Lipinski definition) is 1. The lowest BCUT2D eigenvalue weighted by Crippen LogP contribution is -2.20. The second-order valence-corrected chi connectivity index (χ2v) is 3.82. The van der Waals surface area contributed by atoms with Crippen LogP contribution in [0.25, 0.3) is 11.4 Å². The Morgan fingerprint density at radius 3 is 2.79 bits per heavy atom. The van der Waals surface area contributed by atoms with E-state index in [1.54, 1.807) is 24.3 Å². The van der Waals surface area contributed by atoms with Gasteiger partial charge in [-0.05, 0) is 12.1 Å². The smallest absolute Gasteiger partial charge is 0.264 e. The van der Waals surface area contributed by atoms with Crippen LogP contribution < -0.4 is 4.74 Å². The Balaban J connectivity index is 2.21. The lowest BCUT2D eigenvalue weighted by molar-refractivity contribution is -0.00754. The fourth-order valence-corrected chi connectivity index (χ4v) is 1.54. The number of hydrogen-bond acceptors (Lipinski definition) is 5. The zero-order valence-corrected chi connectivity index (χ0v) is 10.1. The fraction of sp³-hybridized carbons (Fsp3) is 0.333. The van der Waals surface area contributed by atoms with Gasteiger partial charge in [0.05, 0.1) is 19.1 Å². The number of methoxy groups -OCH3 is 1. The van der Waals surface area contributed by atoms with Crippen LogP contribution in [0, 0.1) is 0 Å². The van der Waals surface area contributed by atoms with E-state index >= 15 is 0 Å². The summed E-state index contributed by atoms with van der Waals surface area (Å²) in [5, 5.41) is 12.7. The van der Waals surface area contributed by atoms with Crippen LogP contribution in [0.2, 0.25) is 0 Å². The monoisotopic (exact) mass is 270 g/mol. The zero-order chi connectivity index (χ0) is 13.8. The first-order chi connectivity index (χ1) is 9.11. The van der Waals surface area contributed by atoms with E-state index < -0.39 is 12.5 Å². The molecule has 19 heavy (non-hydrogen) atoms. The lowest BCUT2D eigenvalue weighted by atomic mass is 10.2. The molecule has 1 aromatic carbocycles. The Bertz CT molecular complexity index is 545. The average Bonchev–Trinajstić information content (AvgIpc) is 2.86. The molecule has 0 spiro atoms. The highest BCUT2D eigenvalue weighted by Gasteiger charge is 2.21. The lowest BCUT2D eigenvalue weighted by Gasteiger charge is -2.04. The van der Waals surface area contributed by atoms with E-state index in [-0.39, 0.29) is 18.1 Å². The van der Waals surface area contributed by atoms with Gasteiger partial charge in [-0.2, -0.15) is 4.98 Å². The first kappa shape index (κ1) is 13.4. The van der Waals surface area contributed by atoms with Gasteiger partial charge < -0.3 is 14.4 Å². The van der Waals surface area contributed by atoms with Crippen molar-refractivity contribution in [3.05, 3.63) is 30.2 Å². The molecule has 5 nitrogen and oxygen atoms in total. The summed E-state index contributed by atoms with van der Waals surface area (Å²) < 4.78 is 34.4. The Morgan fingerprint density at radius 2 is 2.11 bits per heavy atom. The van der Waals surface area contributed by atoms with Gasteiger partial charge in [-0.1, -0.05) is 17.3 Å². The summed E-state index contributed by atoms with van der Waals surface area (Å²) in [6.07, 6.45) is -5.05. The number of aliphatic hydroxyl groups is 1. The van der Waals surface area contributed by atoms with Crippen molar-refractivity contribution in [3.63, 3.8) is 0 Å². The van der Waals surface area contributed by atoms with Gasteiger partial charge >= 0.3 is 0 Å². The van der Waals surface area contributed by atoms with Crippen molar-refractivity contribution in [2.45, 2.75) is 19.0 Å². The van der Waals surface area contributed by atoms with Crippen molar-refractivity contribution in [2.75, 3.05) is 7.11 Å². The van der Waals surface area contributed by atoms with Crippen molar-refractivity contribution < 1.29 is 23.1 Å². The average molecular weight is 270 g/mol. The van der Waals surface area contributed by atoms with Crippen LogP contribution in [0.5, 0.6) is 5.75 Å². The zero-order valence-electron chi connectivity index (χ0n) is 10.1. The highest BCUT2D eigenvalue weighted by Crippen LogP contribution is 2.27. The number of alkyl halides is 2. The number of aromatic nitrogens is 2. The highest BCUT2D eigenvalue weighted by molar-refractivity contribution is 5.63. The normalized spacial score (nSPS) is 12.7. The summed E-state index contributed by atoms with van der Waals surface area (Å²) in [6.45, 7) is 0. The minimum absolute atomic E-state index is 0.0475. The van der Waals surface area contributed by atoms with Crippen molar-refractivity contribution in [3.8, 4) is 17.1 Å². The van der Waals surface area contributed by atoms with Gasteiger partial charge in [0.15, 0.2) is 0 Å². The molecule has 102 valence electrons. The number of rotatable bonds is 5. The first-order valence-electron chi connectivity index (χ1n) is 5.54. The van der Waals surface area contributed by atoms with E-state index in [1.165, 1.54) is 7.11 Å². The molecule has 0 aliphatic carbocycles. The summed E-state index contributed by atoms with van der Waals surface area (Å²) in [5.74, 6) is 0.729. The largest absolute Gasteiger partial charge is 0.496 e. The highest BCUT2D eigenvalue weighted by atomic mass is 19.3. The summed E-state index contributed by atoms with van der Waals surface area (Å²) in [6, 6.07) is 6.99. The van der Waals surface area contributed by atoms with Crippen molar-refractivity contribution in [2.24, 2.45) is 0 Å². The first-order valence-corrected chi connectivity index (χ1v) is 5.54. The van der Waals surface area contributed by atoms with Crippen molar-refractivity contribution >= 4 is 0 Å². The molecule has 1 N–H and O–H groups in total. The molecule has 0 aliphatic heterocycles. The van der Waals surface area contributed by atoms with E-state index in [1.807, 2.05) is 0 Å². The third kappa shape index (κ3) is 3.05. The van der Waals surface area contributed by atoms with Crippen LogP contribution in [-0.4, -0.2) is 34.9 Å². The minimum atomic E-state index is -2.85. The predicted molar refractivity (Wildman–Crippen MR) is 62.0 cm³/mol. The molecule has 0 radical (unpaired) electrons. The maximum atomic E-state index is 12.2. The van der Waals surface area contributed by atoms with Gasteiger partial charge in [0.2, 0.25) is 11.7 Å². The molecule has 7 heteroatoms. The second kappa shape index (κ2) is 5.75. The maximum Gasteiger partial charge on any atom is 0.264 e. The summed E-state index contributed by atoms with van der Waals surface area (Å²) in [7, 11) is 1.50. The van der Waals surface area contributed by atoms with E-state index in [9.17, 15) is 8.78 Å². The number of nitrogens with zero attached hydrogens (tertiary/aromatic N) is 2. The maximum absolute atomic E-state index is 12.2. The molecule has 1 unspecified atom stereocenters. The summed E-state index contributed by atoms with van der Waals surface area (Å²) in [5.41, 5.74) is 0.589. The van der Waals surface area contributed by atoms with Gasteiger partial charge in [0.25, 0.3) is 6.43 Å². The molecule has 1 heterocycles. The van der Waals surface area contributed by atoms with Gasteiger partial charge in [-0.25, -0.2) is 8.78 Å². The topological polar surface area (TPSA) is 68.4 Å². The predicted octanol–water partition coefficient (Wildman–Crippen LogP) is 1.91. The minimum Gasteiger partial charge on any atom is -0.496 e. The number of halogens is 2. The molecule has 0 fully saturated rings. The van der Waals surface area contributed by atoms with Crippen LogP contribution in [-0.2, 0) is 6.42 Å². The number of ether oxygens (including phenoxy) is 1.